The van der Waals surface area contributed by atoms with Crippen LogP contribution in [-0.2, 0) is 6.42 Å². The van der Waals surface area contributed by atoms with Crippen molar-refractivity contribution in [2.24, 2.45) is 0 Å². The van der Waals surface area contributed by atoms with E-state index in [2.05, 4.69) is 17.1 Å². The summed E-state index contributed by atoms with van der Waals surface area (Å²) in [6.45, 7) is 8.60. The molecule has 1 aliphatic rings. The summed E-state index contributed by atoms with van der Waals surface area (Å²) >= 11 is 0. The molecule has 0 aliphatic carbocycles. The maximum absolute atomic E-state index is 13.0. The van der Waals surface area contributed by atoms with Crippen molar-refractivity contribution in [3.05, 3.63) is 35.1 Å². The van der Waals surface area contributed by atoms with Crippen LogP contribution >= 0.6 is 0 Å². The summed E-state index contributed by atoms with van der Waals surface area (Å²) in [4.78, 5) is 2.50. The van der Waals surface area contributed by atoms with Gasteiger partial charge in [-0.2, -0.15) is 0 Å². The highest BCUT2D eigenvalue weighted by Crippen LogP contribution is 2.14. The van der Waals surface area contributed by atoms with Crippen LogP contribution in [0.5, 0.6) is 0 Å². The first kappa shape index (κ1) is 13.5. The summed E-state index contributed by atoms with van der Waals surface area (Å²) in [7, 11) is 0. The molecule has 1 N–H and O–H groups in total. The molecule has 2 nitrogen and oxygen atoms in total. The Morgan fingerprint density at radius 1 is 1.44 bits per heavy atom. The van der Waals surface area contributed by atoms with Gasteiger partial charge in [-0.15, -0.1) is 0 Å². The summed E-state index contributed by atoms with van der Waals surface area (Å²) in [5.74, 6) is -0.135. The Labute approximate surface area is 109 Å². The minimum Gasteiger partial charge on any atom is -0.313 e. The Morgan fingerprint density at radius 3 is 3.00 bits per heavy atom. The number of nitrogens with zero attached hydrogens (tertiary/aromatic N) is 1. The third-order valence-electron chi connectivity index (χ3n) is 3.77. The van der Waals surface area contributed by atoms with Crippen molar-refractivity contribution in [1.29, 1.82) is 0 Å². The highest BCUT2D eigenvalue weighted by atomic mass is 19.1. The maximum atomic E-state index is 13.0. The Hall–Kier alpha value is -0.930. The molecular weight excluding hydrogens is 227 g/mol. The van der Waals surface area contributed by atoms with E-state index in [1.807, 2.05) is 13.0 Å². The van der Waals surface area contributed by atoms with E-state index in [0.717, 1.165) is 31.6 Å². The average Bonchev–Trinajstić information content (AvgIpc) is 2.76. The monoisotopic (exact) mass is 250 g/mol. The van der Waals surface area contributed by atoms with Gasteiger partial charge in [0.15, 0.2) is 0 Å². The van der Waals surface area contributed by atoms with E-state index in [1.165, 1.54) is 18.5 Å². The molecule has 1 heterocycles. The molecule has 0 aromatic heterocycles. The second kappa shape index (κ2) is 6.30. The molecule has 1 unspecified atom stereocenters. The topological polar surface area (TPSA) is 15.3 Å². The lowest BCUT2D eigenvalue weighted by Gasteiger charge is -2.17. The van der Waals surface area contributed by atoms with Crippen LogP contribution in [0.1, 0.15) is 24.5 Å². The smallest absolute Gasteiger partial charge is 0.123 e. The van der Waals surface area contributed by atoms with Gasteiger partial charge in [-0.25, -0.2) is 4.39 Å². The quantitative estimate of drug-likeness (QED) is 0.863. The first-order valence-corrected chi connectivity index (χ1v) is 6.90. The fourth-order valence-corrected chi connectivity index (χ4v) is 2.71. The molecule has 0 radical (unpaired) electrons. The molecule has 100 valence electrons. The van der Waals surface area contributed by atoms with Gasteiger partial charge in [0.2, 0.25) is 0 Å². The van der Waals surface area contributed by atoms with Crippen molar-refractivity contribution in [2.75, 3.05) is 26.2 Å². The zero-order chi connectivity index (χ0) is 13.0. The van der Waals surface area contributed by atoms with Crippen molar-refractivity contribution in [3.8, 4) is 0 Å². The number of benzene rings is 1. The molecule has 18 heavy (non-hydrogen) atoms. The van der Waals surface area contributed by atoms with Crippen LogP contribution in [0.4, 0.5) is 4.39 Å². The minimum atomic E-state index is -0.135. The summed E-state index contributed by atoms with van der Waals surface area (Å²) in [6, 6.07) is 5.76. The van der Waals surface area contributed by atoms with Gasteiger partial charge >= 0.3 is 0 Å². The van der Waals surface area contributed by atoms with Crippen molar-refractivity contribution in [2.45, 2.75) is 32.7 Å². The Balaban J connectivity index is 1.81. The van der Waals surface area contributed by atoms with Gasteiger partial charge in [0, 0.05) is 19.1 Å². The summed E-state index contributed by atoms with van der Waals surface area (Å²) in [6.07, 6.45) is 2.27. The number of aryl methyl sites for hydroxylation is 1. The second-order valence-electron chi connectivity index (χ2n) is 5.16. The van der Waals surface area contributed by atoms with Crippen LogP contribution in [0.2, 0.25) is 0 Å². The van der Waals surface area contributed by atoms with E-state index >= 15 is 0 Å². The zero-order valence-corrected chi connectivity index (χ0v) is 11.4. The maximum Gasteiger partial charge on any atom is 0.123 e. The summed E-state index contributed by atoms with van der Waals surface area (Å²) in [5.41, 5.74) is 2.33. The molecule has 2 rings (SSSR count). The van der Waals surface area contributed by atoms with Crippen LogP contribution in [0, 0.1) is 12.7 Å². The Kier molecular flexibility index (Phi) is 4.72. The number of halogens is 1. The fourth-order valence-electron chi connectivity index (χ4n) is 2.71. The zero-order valence-electron chi connectivity index (χ0n) is 11.4. The van der Waals surface area contributed by atoms with Gasteiger partial charge in [0.1, 0.15) is 5.82 Å². The van der Waals surface area contributed by atoms with Crippen molar-refractivity contribution in [1.82, 2.24) is 10.2 Å². The van der Waals surface area contributed by atoms with Crippen LogP contribution in [0.25, 0.3) is 0 Å². The van der Waals surface area contributed by atoms with Crippen LogP contribution < -0.4 is 5.32 Å². The van der Waals surface area contributed by atoms with E-state index in [4.69, 9.17) is 0 Å². The molecule has 0 spiro atoms. The predicted octanol–water partition coefficient (Wildman–Crippen LogP) is 2.36. The van der Waals surface area contributed by atoms with Crippen LogP contribution in [0.3, 0.4) is 0 Å². The molecule has 1 aromatic rings. The SMILES string of the molecule is CCNC1CCN(CCc2ccc(F)cc2C)C1. The number of hydrogen-bond donors (Lipinski definition) is 1. The molecule has 1 aliphatic heterocycles. The number of likely N-dealkylation sites (tertiary alicyclic amines) is 1. The molecule has 0 saturated carbocycles. The summed E-state index contributed by atoms with van der Waals surface area (Å²) < 4.78 is 13.0. The predicted molar refractivity (Wildman–Crippen MR) is 73.4 cm³/mol. The van der Waals surface area contributed by atoms with Gasteiger partial charge < -0.3 is 10.2 Å². The van der Waals surface area contributed by atoms with Gasteiger partial charge in [-0.1, -0.05) is 13.0 Å². The molecule has 1 saturated heterocycles. The first-order valence-electron chi connectivity index (χ1n) is 6.90. The number of rotatable bonds is 5. The van der Waals surface area contributed by atoms with E-state index in [0.29, 0.717) is 6.04 Å². The highest BCUT2D eigenvalue weighted by molar-refractivity contribution is 5.26. The number of hydrogen-bond acceptors (Lipinski definition) is 2. The van der Waals surface area contributed by atoms with Gasteiger partial charge in [0.05, 0.1) is 0 Å². The van der Waals surface area contributed by atoms with E-state index in [1.54, 1.807) is 12.1 Å². The molecule has 0 amide bonds. The van der Waals surface area contributed by atoms with Gasteiger partial charge in [-0.05, 0) is 56.1 Å². The molecule has 3 heteroatoms. The van der Waals surface area contributed by atoms with Crippen molar-refractivity contribution in [3.63, 3.8) is 0 Å². The fraction of sp³-hybridized carbons (Fsp3) is 0.600. The lowest BCUT2D eigenvalue weighted by molar-refractivity contribution is 0.332. The largest absolute Gasteiger partial charge is 0.313 e. The molecule has 0 bridgehead atoms. The van der Waals surface area contributed by atoms with Crippen molar-refractivity contribution >= 4 is 0 Å². The Morgan fingerprint density at radius 2 is 2.28 bits per heavy atom. The third-order valence-corrected chi connectivity index (χ3v) is 3.77. The normalized spacial score (nSPS) is 20.5. The van der Waals surface area contributed by atoms with Crippen LogP contribution in [-0.4, -0.2) is 37.1 Å². The molecular formula is C15H23FN2. The second-order valence-corrected chi connectivity index (χ2v) is 5.16. The average molecular weight is 250 g/mol. The van der Waals surface area contributed by atoms with E-state index < -0.39 is 0 Å². The molecule has 1 fully saturated rings. The van der Waals surface area contributed by atoms with E-state index in [9.17, 15) is 4.39 Å². The highest BCUT2D eigenvalue weighted by Gasteiger charge is 2.20. The van der Waals surface area contributed by atoms with Gasteiger partial charge in [0.25, 0.3) is 0 Å². The summed E-state index contributed by atoms with van der Waals surface area (Å²) in [5, 5.41) is 3.50. The number of nitrogens with one attached hydrogen (secondary N) is 1. The lowest BCUT2D eigenvalue weighted by atomic mass is 10.1. The lowest BCUT2D eigenvalue weighted by Crippen LogP contribution is -2.33. The molecule has 1 aromatic carbocycles. The minimum absolute atomic E-state index is 0.135. The van der Waals surface area contributed by atoms with Crippen LogP contribution in [0.15, 0.2) is 18.2 Å². The third kappa shape index (κ3) is 3.53. The number of likely N-dealkylation sites (N-methyl/N-ethyl adjacent to an activating group) is 1. The first-order chi connectivity index (χ1) is 8.69. The van der Waals surface area contributed by atoms with Crippen molar-refractivity contribution < 1.29 is 4.39 Å². The molecule has 1 atom stereocenters. The van der Waals surface area contributed by atoms with E-state index in [-0.39, 0.29) is 5.82 Å². The van der Waals surface area contributed by atoms with Gasteiger partial charge in [-0.3, -0.25) is 0 Å². The standard InChI is InChI=1S/C15H23FN2/c1-3-17-15-7-9-18(11-15)8-6-13-4-5-14(16)10-12(13)2/h4-5,10,15,17H,3,6-9,11H2,1-2H3. The Bertz CT molecular complexity index is 392.